The van der Waals surface area contributed by atoms with Crippen LogP contribution in [0.2, 0.25) is 0 Å². The van der Waals surface area contributed by atoms with Gasteiger partial charge in [-0.05, 0) is 31.2 Å². The van der Waals surface area contributed by atoms with E-state index in [0.717, 1.165) is 17.9 Å². The van der Waals surface area contributed by atoms with Crippen LogP contribution in [0.5, 0.6) is 0 Å². The van der Waals surface area contributed by atoms with Gasteiger partial charge in [-0.3, -0.25) is 0 Å². The fourth-order valence-electron chi connectivity index (χ4n) is 1.07. The van der Waals surface area contributed by atoms with E-state index in [0.29, 0.717) is 0 Å². The predicted molar refractivity (Wildman–Crippen MR) is 58.7 cm³/mol. The summed E-state index contributed by atoms with van der Waals surface area (Å²) in [5.41, 5.74) is 1.83. The summed E-state index contributed by atoms with van der Waals surface area (Å²) in [5.74, 6) is 0. The summed E-state index contributed by atoms with van der Waals surface area (Å²) in [6.45, 7) is 2.93. The number of urea groups is 1. The van der Waals surface area contributed by atoms with Gasteiger partial charge in [-0.2, -0.15) is 0 Å². The second kappa shape index (κ2) is 5.11. The molecule has 1 aromatic carbocycles. The molecule has 0 saturated carbocycles. The predicted octanol–water partition coefficient (Wildman–Crippen LogP) is 1.87. The lowest BCUT2D eigenvalue weighted by Crippen LogP contribution is -2.24. The van der Waals surface area contributed by atoms with Gasteiger partial charge in [-0.25, -0.2) is 4.79 Å². The molecule has 3 N–H and O–H groups in total. The fraction of sp³-hybridized carbons (Fsp3) is 0.300. The number of amides is 2. The largest absolute Gasteiger partial charge is 0.385 e. The minimum Gasteiger partial charge on any atom is -0.385 e. The van der Waals surface area contributed by atoms with E-state index in [2.05, 4.69) is 16.0 Å². The van der Waals surface area contributed by atoms with E-state index in [9.17, 15) is 4.79 Å². The second-order valence-electron chi connectivity index (χ2n) is 2.81. The Morgan fingerprint density at radius 1 is 1.21 bits per heavy atom. The Labute approximate surface area is 83.7 Å². The summed E-state index contributed by atoms with van der Waals surface area (Å²) in [6.07, 6.45) is 0. The van der Waals surface area contributed by atoms with Crippen molar-refractivity contribution in [3.8, 4) is 0 Å². The highest BCUT2D eigenvalue weighted by molar-refractivity contribution is 5.89. The summed E-state index contributed by atoms with van der Waals surface area (Å²) in [7, 11) is 1.59. The first-order valence-electron chi connectivity index (χ1n) is 4.59. The van der Waals surface area contributed by atoms with Gasteiger partial charge < -0.3 is 16.0 Å². The maximum absolute atomic E-state index is 11.0. The van der Waals surface area contributed by atoms with E-state index < -0.39 is 0 Å². The van der Waals surface area contributed by atoms with E-state index in [1.807, 2.05) is 31.2 Å². The van der Waals surface area contributed by atoms with Crippen LogP contribution in [0.25, 0.3) is 0 Å². The molecule has 0 bridgehead atoms. The van der Waals surface area contributed by atoms with Crippen LogP contribution in [0.3, 0.4) is 0 Å². The standard InChI is InChI=1S/C10H15N3O/c1-3-12-8-4-6-9(7-5-8)13-10(14)11-2/h4-7,12H,3H2,1-2H3,(H2,11,13,14). The number of rotatable bonds is 3. The molecule has 0 aromatic heterocycles. The van der Waals surface area contributed by atoms with E-state index in [-0.39, 0.29) is 6.03 Å². The Balaban J connectivity index is 2.59. The minimum absolute atomic E-state index is 0.207. The van der Waals surface area contributed by atoms with Gasteiger partial charge >= 0.3 is 6.03 Å². The van der Waals surface area contributed by atoms with E-state index in [1.54, 1.807) is 7.05 Å². The molecule has 0 aliphatic heterocycles. The molecule has 2 amide bonds. The van der Waals surface area contributed by atoms with E-state index in [1.165, 1.54) is 0 Å². The van der Waals surface area contributed by atoms with Crippen molar-refractivity contribution in [3.63, 3.8) is 0 Å². The van der Waals surface area contributed by atoms with Crippen LogP contribution in [0.15, 0.2) is 24.3 Å². The Kier molecular flexibility index (Phi) is 3.79. The summed E-state index contributed by atoms with van der Waals surface area (Å²) in [5, 5.41) is 8.34. The maximum atomic E-state index is 11.0. The third-order valence-corrected chi connectivity index (χ3v) is 1.75. The summed E-state index contributed by atoms with van der Waals surface area (Å²) in [4.78, 5) is 11.0. The number of carbonyl (C=O) groups is 1. The van der Waals surface area contributed by atoms with Crippen molar-refractivity contribution in [1.29, 1.82) is 0 Å². The monoisotopic (exact) mass is 193 g/mol. The van der Waals surface area contributed by atoms with Gasteiger partial charge in [0, 0.05) is 25.0 Å². The third-order valence-electron chi connectivity index (χ3n) is 1.75. The average molecular weight is 193 g/mol. The highest BCUT2D eigenvalue weighted by atomic mass is 16.2. The number of anilines is 2. The molecule has 4 nitrogen and oxygen atoms in total. The zero-order valence-electron chi connectivity index (χ0n) is 8.42. The first-order valence-corrected chi connectivity index (χ1v) is 4.59. The second-order valence-corrected chi connectivity index (χ2v) is 2.81. The molecule has 0 heterocycles. The van der Waals surface area contributed by atoms with Crippen molar-refractivity contribution in [3.05, 3.63) is 24.3 Å². The normalized spacial score (nSPS) is 9.29. The number of hydrogen-bond donors (Lipinski definition) is 3. The van der Waals surface area contributed by atoms with Gasteiger partial charge in [0.1, 0.15) is 0 Å². The van der Waals surface area contributed by atoms with Crippen LogP contribution in [0, 0.1) is 0 Å². The smallest absolute Gasteiger partial charge is 0.318 e. The van der Waals surface area contributed by atoms with Crippen molar-refractivity contribution in [2.45, 2.75) is 6.92 Å². The Morgan fingerprint density at radius 2 is 1.79 bits per heavy atom. The number of nitrogens with one attached hydrogen (secondary N) is 3. The zero-order chi connectivity index (χ0) is 10.4. The molecule has 1 rings (SSSR count). The minimum atomic E-state index is -0.207. The van der Waals surface area contributed by atoms with Gasteiger partial charge in [0.05, 0.1) is 0 Å². The van der Waals surface area contributed by atoms with Crippen LogP contribution in [0.4, 0.5) is 16.2 Å². The summed E-state index contributed by atoms with van der Waals surface area (Å²) < 4.78 is 0. The molecule has 0 unspecified atom stereocenters. The highest BCUT2D eigenvalue weighted by Crippen LogP contribution is 2.12. The molecule has 0 aliphatic rings. The molecule has 1 aromatic rings. The van der Waals surface area contributed by atoms with Crippen molar-refractivity contribution in [1.82, 2.24) is 5.32 Å². The molecular weight excluding hydrogens is 178 g/mol. The van der Waals surface area contributed by atoms with Crippen molar-refractivity contribution in [2.75, 3.05) is 24.2 Å². The van der Waals surface area contributed by atoms with Gasteiger partial charge in [-0.1, -0.05) is 0 Å². The Hall–Kier alpha value is -1.71. The average Bonchev–Trinajstić information content (AvgIpc) is 2.21. The summed E-state index contributed by atoms with van der Waals surface area (Å²) in [6, 6.07) is 7.35. The van der Waals surface area contributed by atoms with Crippen molar-refractivity contribution >= 4 is 17.4 Å². The summed E-state index contributed by atoms with van der Waals surface area (Å²) >= 11 is 0. The molecule has 0 fully saturated rings. The molecule has 0 radical (unpaired) electrons. The zero-order valence-corrected chi connectivity index (χ0v) is 8.42. The highest BCUT2D eigenvalue weighted by Gasteiger charge is 1.97. The lowest BCUT2D eigenvalue weighted by atomic mass is 10.3. The lowest BCUT2D eigenvalue weighted by Gasteiger charge is -2.06. The molecule has 0 aliphatic carbocycles. The first-order chi connectivity index (χ1) is 6.76. The van der Waals surface area contributed by atoms with Crippen LogP contribution in [-0.4, -0.2) is 19.6 Å². The molecule has 0 spiro atoms. The van der Waals surface area contributed by atoms with Gasteiger partial charge in [-0.15, -0.1) is 0 Å². The topological polar surface area (TPSA) is 53.2 Å². The maximum Gasteiger partial charge on any atom is 0.318 e. The molecule has 0 saturated heterocycles. The van der Waals surface area contributed by atoms with Crippen LogP contribution in [-0.2, 0) is 0 Å². The SMILES string of the molecule is CCNc1ccc(NC(=O)NC)cc1. The molecule has 4 heteroatoms. The van der Waals surface area contributed by atoms with Gasteiger partial charge in [0.25, 0.3) is 0 Å². The van der Waals surface area contributed by atoms with E-state index in [4.69, 9.17) is 0 Å². The Morgan fingerprint density at radius 3 is 2.29 bits per heavy atom. The number of benzene rings is 1. The van der Waals surface area contributed by atoms with Crippen molar-refractivity contribution < 1.29 is 4.79 Å². The van der Waals surface area contributed by atoms with Gasteiger partial charge in [0.2, 0.25) is 0 Å². The van der Waals surface area contributed by atoms with Crippen LogP contribution < -0.4 is 16.0 Å². The number of carbonyl (C=O) groups excluding carboxylic acids is 1. The van der Waals surface area contributed by atoms with Gasteiger partial charge in [0.15, 0.2) is 0 Å². The van der Waals surface area contributed by atoms with Crippen LogP contribution >= 0.6 is 0 Å². The quantitative estimate of drug-likeness (QED) is 0.686. The third kappa shape index (κ3) is 2.97. The van der Waals surface area contributed by atoms with E-state index >= 15 is 0 Å². The molecule has 14 heavy (non-hydrogen) atoms. The first kappa shape index (κ1) is 10.4. The molecular formula is C10H15N3O. The van der Waals surface area contributed by atoms with Crippen molar-refractivity contribution in [2.24, 2.45) is 0 Å². The van der Waals surface area contributed by atoms with Crippen LogP contribution in [0.1, 0.15) is 6.92 Å². The lowest BCUT2D eigenvalue weighted by molar-refractivity contribution is 0.254. The molecule has 0 atom stereocenters. The fourth-order valence-corrected chi connectivity index (χ4v) is 1.07. The Bertz CT molecular complexity index is 295. The molecule has 76 valence electrons. The number of hydrogen-bond acceptors (Lipinski definition) is 2.